The summed E-state index contributed by atoms with van der Waals surface area (Å²) in [5.74, 6) is 0.411. The second-order valence-electron chi connectivity index (χ2n) is 3.86. The molecule has 0 N–H and O–H groups in total. The maximum atomic E-state index is 12.1. The van der Waals surface area contributed by atoms with Gasteiger partial charge in [0.2, 0.25) is 0 Å². The zero-order chi connectivity index (χ0) is 13.7. The van der Waals surface area contributed by atoms with Crippen LogP contribution in [0.1, 0.15) is 10.4 Å². The molecule has 0 aliphatic carbocycles. The molecule has 100 valence electrons. The Labute approximate surface area is 113 Å². The van der Waals surface area contributed by atoms with Crippen molar-refractivity contribution in [2.45, 2.75) is 6.43 Å². The Morgan fingerprint density at radius 2 is 2.17 bits per heavy atom. The average Bonchev–Trinajstić information content (AvgIpc) is 2.27. The molecule has 0 bridgehead atoms. The van der Waals surface area contributed by atoms with E-state index in [1.165, 1.54) is 19.1 Å². The number of carbonyl (C=O) groups excluding carboxylic acids is 1. The minimum atomic E-state index is -2.44. The van der Waals surface area contributed by atoms with Gasteiger partial charge in [0.05, 0.1) is 24.7 Å². The van der Waals surface area contributed by atoms with Crippen LogP contribution >= 0.6 is 15.9 Å². The van der Waals surface area contributed by atoms with Gasteiger partial charge in [-0.1, -0.05) is 0 Å². The number of Topliss-reactive ketones (excluding diaryl/α,β-unsaturated/α-hetero) is 1. The number of methoxy groups -OCH3 is 1. The molecule has 6 heteroatoms. The van der Waals surface area contributed by atoms with Gasteiger partial charge < -0.3 is 4.74 Å². The Bertz CT molecular complexity index is 427. The smallest absolute Gasteiger partial charge is 0.251 e. The highest BCUT2D eigenvalue weighted by molar-refractivity contribution is 9.10. The molecule has 0 saturated carbocycles. The molecule has 18 heavy (non-hydrogen) atoms. The minimum absolute atomic E-state index is 0.0386. The lowest BCUT2D eigenvalue weighted by Gasteiger charge is -2.15. The first-order chi connectivity index (χ1) is 8.43. The van der Waals surface area contributed by atoms with E-state index in [-0.39, 0.29) is 12.3 Å². The number of ether oxygens (including phenoxy) is 1. The number of hydrogen-bond donors (Lipinski definition) is 0. The summed E-state index contributed by atoms with van der Waals surface area (Å²) in [6.45, 7) is -0.452. The second kappa shape index (κ2) is 6.80. The molecular weight excluding hydrogens is 308 g/mol. The van der Waals surface area contributed by atoms with Gasteiger partial charge in [0, 0.05) is 5.56 Å². The van der Waals surface area contributed by atoms with E-state index >= 15 is 0 Å². The maximum absolute atomic E-state index is 12.1. The van der Waals surface area contributed by atoms with Crippen molar-refractivity contribution >= 4 is 21.7 Å². The molecule has 0 unspecified atom stereocenters. The molecule has 1 rings (SSSR count). The van der Waals surface area contributed by atoms with Gasteiger partial charge >= 0.3 is 0 Å². The number of halogens is 3. The van der Waals surface area contributed by atoms with Gasteiger partial charge in [-0.2, -0.15) is 0 Å². The molecule has 0 spiro atoms. The van der Waals surface area contributed by atoms with Crippen LogP contribution in [0.4, 0.5) is 8.78 Å². The second-order valence-corrected chi connectivity index (χ2v) is 4.71. The van der Waals surface area contributed by atoms with Gasteiger partial charge in [0.15, 0.2) is 5.78 Å². The number of carbonyl (C=O) groups is 1. The molecule has 0 atom stereocenters. The van der Waals surface area contributed by atoms with Crippen molar-refractivity contribution in [1.82, 2.24) is 4.90 Å². The summed E-state index contributed by atoms with van der Waals surface area (Å²) in [7, 11) is 3.01. The van der Waals surface area contributed by atoms with Crippen LogP contribution in [0.2, 0.25) is 0 Å². The van der Waals surface area contributed by atoms with Crippen LogP contribution in [0.5, 0.6) is 5.75 Å². The SMILES string of the molecule is COc1ccc(C(=O)CN(C)CC(F)F)cc1Br. The summed E-state index contributed by atoms with van der Waals surface area (Å²) in [5.41, 5.74) is 0.462. The normalized spacial score (nSPS) is 11.1. The topological polar surface area (TPSA) is 29.5 Å². The standard InChI is InChI=1S/C12H14BrF2NO2/c1-16(7-12(14)15)6-10(17)8-3-4-11(18-2)9(13)5-8/h3-5,12H,6-7H2,1-2H3. The van der Waals surface area contributed by atoms with Crippen LogP contribution in [0.15, 0.2) is 22.7 Å². The van der Waals surface area contributed by atoms with Crippen LogP contribution in [-0.2, 0) is 0 Å². The number of benzene rings is 1. The van der Waals surface area contributed by atoms with Crippen molar-refractivity contribution in [3.63, 3.8) is 0 Å². The summed E-state index contributed by atoms with van der Waals surface area (Å²) in [6, 6.07) is 4.89. The van der Waals surface area contributed by atoms with E-state index in [2.05, 4.69) is 15.9 Å². The lowest BCUT2D eigenvalue weighted by molar-refractivity contribution is 0.0820. The number of nitrogens with zero attached hydrogens (tertiary/aromatic N) is 1. The predicted octanol–water partition coefficient (Wildman–Crippen LogP) is 2.84. The third kappa shape index (κ3) is 4.34. The fourth-order valence-corrected chi connectivity index (χ4v) is 2.02. The molecule has 0 saturated heterocycles. The Hall–Kier alpha value is -1.01. The van der Waals surface area contributed by atoms with Crippen LogP contribution < -0.4 is 4.74 Å². The van der Waals surface area contributed by atoms with Gasteiger partial charge in [-0.15, -0.1) is 0 Å². The molecule has 3 nitrogen and oxygen atoms in total. The van der Waals surface area contributed by atoms with E-state index in [0.717, 1.165) is 0 Å². The van der Waals surface area contributed by atoms with E-state index in [4.69, 9.17) is 4.74 Å². The van der Waals surface area contributed by atoms with E-state index < -0.39 is 13.0 Å². The van der Waals surface area contributed by atoms with Crippen molar-refractivity contribution < 1.29 is 18.3 Å². The summed E-state index contributed by atoms with van der Waals surface area (Å²) in [6.07, 6.45) is -2.44. The summed E-state index contributed by atoms with van der Waals surface area (Å²) in [5, 5.41) is 0. The van der Waals surface area contributed by atoms with Gasteiger partial charge in [-0.3, -0.25) is 9.69 Å². The summed E-state index contributed by atoms with van der Waals surface area (Å²) >= 11 is 3.27. The zero-order valence-electron chi connectivity index (χ0n) is 10.1. The van der Waals surface area contributed by atoms with Gasteiger partial charge in [-0.05, 0) is 41.2 Å². The average molecular weight is 322 g/mol. The minimum Gasteiger partial charge on any atom is -0.496 e. The highest BCUT2D eigenvalue weighted by Gasteiger charge is 2.14. The number of hydrogen-bond acceptors (Lipinski definition) is 3. The fraction of sp³-hybridized carbons (Fsp3) is 0.417. The molecule has 0 aromatic heterocycles. The van der Waals surface area contributed by atoms with Crippen molar-refractivity contribution in [2.24, 2.45) is 0 Å². The lowest BCUT2D eigenvalue weighted by atomic mass is 10.1. The van der Waals surface area contributed by atoms with Gasteiger partial charge in [0.25, 0.3) is 6.43 Å². The zero-order valence-corrected chi connectivity index (χ0v) is 11.7. The van der Waals surface area contributed by atoms with Crippen LogP contribution in [0, 0.1) is 0 Å². The first-order valence-electron chi connectivity index (χ1n) is 5.27. The van der Waals surface area contributed by atoms with Gasteiger partial charge in [-0.25, -0.2) is 8.78 Å². The molecule has 0 amide bonds. The number of alkyl halides is 2. The first-order valence-corrected chi connectivity index (χ1v) is 6.06. The first kappa shape index (κ1) is 15.0. The van der Waals surface area contributed by atoms with E-state index in [0.29, 0.717) is 15.8 Å². The van der Waals surface area contributed by atoms with Crippen LogP contribution in [-0.4, -0.2) is 44.4 Å². The number of rotatable bonds is 6. The molecule has 1 aromatic rings. The molecular formula is C12H14BrF2NO2. The van der Waals surface area contributed by atoms with Crippen LogP contribution in [0.3, 0.4) is 0 Å². The largest absolute Gasteiger partial charge is 0.496 e. The van der Waals surface area contributed by atoms with Crippen LogP contribution in [0.25, 0.3) is 0 Å². The van der Waals surface area contributed by atoms with Crippen molar-refractivity contribution in [3.05, 3.63) is 28.2 Å². The fourth-order valence-electron chi connectivity index (χ4n) is 1.48. The molecule has 0 aliphatic rings. The Morgan fingerprint density at radius 3 is 2.67 bits per heavy atom. The van der Waals surface area contributed by atoms with E-state index in [9.17, 15) is 13.6 Å². The Kier molecular flexibility index (Phi) is 5.68. The maximum Gasteiger partial charge on any atom is 0.251 e. The predicted molar refractivity (Wildman–Crippen MR) is 68.5 cm³/mol. The van der Waals surface area contributed by atoms with E-state index in [1.54, 1.807) is 18.2 Å². The summed E-state index contributed by atoms with van der Waals surface area (Å²) in [4.78, 5) is 13.1. The number of likely N-dealkylation sites (N-methyl/N-ethyl adjacent to an activating group) is 1. The summed E-state index contributed by atoms with van der Waals surface area (Å²) < 4.78 is 30.0. The third-order valence-electron chi connectivity index (χ3n) is 2.34. The van der Waals surface area contributed by atoms with Crippen molar-refractivity contribution in [1.29, 1.82) is 0 Å². The molecule has 1 aromatic carbocycles. The Morgan fingerprint density at radius 1 is 1.50 bits per heavy atom. The highest BCUT2D eigenvalue weighted by Crippen LogP contribution is 2.25. The van der Waals surface area contributed by atoms with E-state index in [1.807, 2.05) is 0 Å². The van der Waals surface area contributed by atoms with Crippen molar-refractivity contribution in [2.75, 3.05) is 27.2 Å². The molecule has 0 heterocycles. The third-order valence-corrected chi connectivity index (χ3v) is 2.96. The van der Waals surface area contributed by atoms with Gasteiger partial charge in [0.1, 0.15) is 5.75 Å². The molecule has 0 fully saturated rings. The Balaban J connectivity index is 2.70. The highest BCUT2D eigenvalue weighted by atomic mass is 79.9. The molecule has 0 aliphatic heterocycles. The quantitative estimate of drug-likeness (QED) is 0.755. The monoisotopic (exact) mass is 321 g/mol. The lowest BCUT2D eigenvalue weighted by Crippen LogP contribution is -2.30. The van der Waals surface area contributed by atoms with Crippen molar-refractivity contribution in [3.8, 4) is 5.75 Å². The number of ketones is 1. The molecule has 0 radical (unpaired) electrons.